The highest BCUT2D eigenvalue weighted by Gasteiger charge is 2.13. The molecule has 0 aliphatic heterocycles. The summed E-state index contributed by atoms with van der Waals surface area (Å²) < 4.78 is 0. The van der Waals surface area contributed by atoms with E-state index in [4.69, 9.17) is 17.4 Å². The van der Waals surface area contributed by atoms with Gasteiger partial charge in [-0.25, -0.2) is 5.43 Å². The van der Waals surface area contributed by atoms with Gasteiger partial charge in [-0.05, 0) is 42.7 Å². The minimum Gasteiger partial charge on any atom is -0.271 e. The zero-order valence-electron chi connectivity index (χ0n) is 10.6. The lowest BCUT2D eigenvalue weighted by molar-refractivity contribution is 0.636. The third-order valence-corrected chi connectivity index (χ3v) is 3.19. The summed E-state index contributed by atoms with van der Waals surface area (Å²) in [5.41, 5.74) is 7.42. The molecule has 1 atom stereocenters. The van der Waals surface area contributed by atoms with Crippen molar-refractivity contribution in [1.82, 2.24) is 5.43 Å². The summed E-state index contributed by atoms with van der Waals surface area (Å²) in [6, 6.07) is 14.3. The summed E-state index contributed by atoms with van der Waals surface area (Å²) in [6.45, 7) is 4.09. The highest BCUT2D eigenvalue weighted by Crippen LogP contribution is 2.25. The largest absolute Gasteiger partial charge is 0.271 e. The molecule has 18 heavy (non-hydrogen) atoms. The van der Waals surface area contributed by atoms with E-state index < -0.39 is 0 Å². The molecule has 1 unspecified atom stereocenters. The second kappa shape index (κ2) is 5.53. The van der Waals surface area contributed by atoms with Crippen molar-refractivity contribution in [3.63, 3.8) is 0 Å². The smallest absolute Gasteiger partial charge is 0.0710 e. The predicted octanol–water partition coefficient (Wildman–Crippen LogP) is 3.51. The monoisotopic (exact) mass is 260 g/mol. The lowest BCUT2D eigenvalue weighted by Gasteiger charge is -2.18. The zero-order chi connectivity index (χ0) is 13.1. The molecule has 0 radical (unpaired) electrons. The molecule has 2 aromatic carbocycles. The van der Waals surface area contributed by atoms with Crippen LogP contribution in [0.25, 0.3) is 0 Å². The van der Waals surface area contributed by atoms with Gasteiger partial charge in [0, 0.05) is 5.02 Å². The molecule has 3 N–H and O–H groups in total. The van der Waals surface area contributed by atoms with E-state index in [1.165, 1.54) is 5.56 Å². The van der Waals surface area contributed by atoms with Gasteiger partial charge in [-0.2, -0.15) is 0 Å². The van der Waals surface area contributed by atoms with Crippen molar-refractivity contribution in [3.8, 4) is 0 Å². The highest BCUT2D eigenvalue weighted by atomic mass is 35.5. The molecule has 0 heterocycles. The number of hydrazine groups is 1. The van der Waals surface area contributed by atoms with Gasteiger partial charge in [0.1, 0.15) is 0 Å². The standard InChI is InChI=1S/C15H17ClN2/c1-10-3-5-12(6-4-10)15(18-17)13-7-11(2)8-14(16)9-13/h3-9,15,18H,17H2,1-2H3. The molecule has 0 fully saturated rings. The molecular formula is C15H17ClN2. The number of halogens is 1. The van der Waals surface area contributed by atoms with E-state index >= 15 is 0 Å². The van der Waals surface area contributed by atoms with Gasteiger partial charge in [0.05, 0.1) is 6.04 Å². The second-order valence-electron chi connectivity index (χ2n) is 4.57. The summed E-state index contributed by atoms with van der Waals surface area (Å²) in [5, 5.41) is 0.734. The van der Waals surface area contributed by atoms with Crippen molar-refractivity contribution >= 4 is 11.6 Å². The van der Waals surface area contributed by atoms with Crippen molar-refractivity contribution in [2.45, 2.75) is 19.9 Å². The first-order chi connectivity index (χ1) is 8.60. The van der Waals surface area contributed by atoms with E-state index in [1.54, 1.807) is 0 Å². The van der Waals surface area contributed by atoms with E-state index in [0.717, 1.165) is 21.7 Å². The number of hydrogen-bond acceptors (Lipinski definition) is 2. The van der Waals surface area contributed by atoms with Gasteiger partial charge in [-0.15, -0.1) is 0 Å². The summed E-state index contributed by atoms with van der Waals surface area (Å²) in [5.74, 6) is 5.68. The van der Waals surface area contributed by atoms with E-state index in [1.807, 2.05) is 19.1 Å². The average molecular weight is 261 g/mol. The molecule has 2 nitrogen and oxygen atoms in total. The molecule has 0 saturated heterocycles. The van der Waals surface area contributed by atoms with Gasteiger partial charge < -0.3 is 0 Å². The number of hydrogen-bond donors (Lipinski definition) is 2. The van der Waals surface area contributed by atoms with Crippen LogP contribution in [0.4, 0.5) is 0 Å². The Kier molecular flexibility index (Phi) is 4.02. The van der Waals surface area contributed by atoms with Crippen LogP contribution in [-0.4, -0.2) is 0 Å². The maximum Gasteiger partial charge on any atom is 0.0710 e. The van der Waals surface area contributed by atoms with Crippen LogP contribution in [0.5, 0.6) is 0 Å². The molecule has 94 valence electrons. The van der Waals surface area contributed by atoms with Crippen LogP contribution in [0.2, 0.25) is 5.02 Å². The summed E-state index contributed by atoms with van der Waals surface area (Å²) in [6.07, 6.45) is 0. The summed E-state index contributed by atoms with van der Waals surface area (Å²) in [4.78, 5) is 0. The lowest BCUT2D eigenvalue weighted by Crippen LogP contribution is -2.28. The topological polar surface area (TPSA) is 38.0 Å². The molecule has 2 rings (SSSR count). The molecule has 0 aliphatic rings. The van der Waals surface area contributed by atoms with Gasteiger partial charge in [0.25, 0.3) is 0 Å². The molecule has 0 spiro atoms. The van der Waals surface area contributed by atoms with Gasteiger partial charge in [-0.1, -0.05) is 47.5 Å². The number of rotatable bonds is 3. The normalized spacial score (nSPS) is 12.4. The van der Waals surface area contributed by atoms with Gasteiger partial charge in [0.2, 0.25) is 0 Å². The van der Waals surface area contributed by atoms with Gasteiger partial charge in [-0.3, -0.25) is 5.84 Å². The first-order valence-corrected chi connectivity index (χ1v) is 6.28. The van der Waals surface area contributed by atoms with Crippen LogP contribution >= 0.6 is 11.6 Å². The first-order valence-electron chi connectivity index (χ1n) is 5.90. The molecule has 0 aliphatic carbocycles. The average Bonchev–Trinajstić information content (AvgIpc) is 2.31. The van der Waals surface area contributed by atoms with Crippen LogP contribution in [0.1, 0.15) is 28.3 Å². The molecular weight excluding hydrogens is 244 g/mol. The number of aryl methyl sites for hydroxylation is 2. The predicted molar refractivity (Wildman–Crippen MR) is 76.5 cm³/mol. The van der Waals surface area contributed by atoms with Crippen LogP contribution < -0.4 is 11.3 Å². The van der Waals surface area contributed by atoms with Crippen molar-refractivity contribution < 1.29 is 0 Å². The quantitative estimate of drug-likeness (QED) is 0.655. The third-order valence-electron chi connectivity index (χ3n) is 2.98. The fraction of sp³-hybridized carbons (Fsp3) is 0.200. The Morgan fingerprint density at radius 2 is 1.61 bits per heavy atom. The Balaban J connectivity index is 2.41. The van der Waals surface area contributed by atoms with E-state index in [2.05, 4.69) is 42.7 Å². The first kappa shape index (κ1) is 13.1. The van der Waals surface area contributed by atoms with Crippen molar-refractivity contribution in [2.75, 3.05) is 0 Å². The summed E-state index contributed by atoms with van der Waals surface area (Å²) in [7, 11) is 0. The summed E-state index contributed by atoms with van der Waals surface area (Å²) >= 11 is 6.10. The Bertz CT molecular complexity index is 514. The lowest BCUT2D eigenvalue weighted by atomic mass is 9.97. The van der Waals surface area contributed by atoms with Crippen LogP contribution in [-0.2, 0) is 0 Å². The third kappa shape index (κ3) is 2.91. The minimum absolute atomic E-state index is 0.0389. The molecule has 2 aromatic rings. The van der Waals surface area contributed by atoms with Gasteiger partial charge in [0.15, 0.2) is 0 Å². The number of benzene rings is 2. The fourth-order valence-corrected chi connectivity index (χ4v) is 2.37. The van der Waals surface area contributed by atoms with E-state index in [9.17, 15) is 0 Å². The molecule has 0 aromatic heterocycles. The fourth-order valence-electron chi connectivity index (χ4n) is 2.08. The number of nitrogens with two attached hydrogens (primary N) is 1. The Labute approximate surface area is 113 Å². The van der Waals surface area contributed by atoms with Crippen LogP contribution in [0, 0.1) is 13.8 Å². The molecule has 0 amide bonds. The zero-order valence-corrected chi connectivity index (χ0v) is 11.3. The number of nitrogens with one attached hydrogen (secondary N) is 1. The minimum atomic E-state index is -0.0389. The van der Waals surface area contributed by atoms with Crippen molar-refractivity contribution in [3.05, 3.63) is 69.7 Å². The Morgan fingerprint density at radius 1 is 0.944 bits per heavy atom. The Hall–Kier alpha value is -1.35. The van der Waals surface area contributed by atoms with Crippen LogP contribution in [0.15, 0.2) is 42.5 Å². The molecule has 0 saturated carbocycles. The van der Waals surface area contributed by atoms with Gasteiger partial charge >= 0.3 is 0 Å². The SMILES string of the molecule is Cc1ccc(C(NN)c2cc(C)cc(Cl)c2)cc1. The maximum atomic E-state index is 6.10. The highest BCUT2D eigenvalue weighted by molar-refractivity contribution is 6.30. The van der Waals surface area contributed by atoms with E-state index in [0.29, 0.717) is 0 Å². The van der Waals surface area contributed by atoms with E-state index in [-0.39, 0.29) is 6.04 Å². The van der Waals surface area contributed by atoms with Crippen molar-refractivity contribution in [2.24, 2.45) is 5.84 Å². The van der Waals surface area contributed by atoms with Crippen molar-refractivity contribution in [1.29, 1.82) is 0 Å². The molecule has 0 bridgehead atoms. The Morgan fingerprint density at radius 3 is 2.17 bits per heavy atom. The second-order valence-corrected chi connectivity index (χ2v) is 5.01. The molecule has 3 heteroatoms. The van der Waals surface area contributed by atoms with Crippen LogP contribution in [0.3, 0.4) is 0 Å². The maximum absolute atomic E-state index is 6.10.